The second-order valence-corrected chi connectivity index (χ2v) is 17.7. The molecule has 2 amide bonds. The summed E-state index contributed by atoms with van der Waals surface area (Å²) in [5.74, 6) is -0.782. The van der Waals surface area contributed by atoms with Crippen LogP contribution < -0.4 is 23.7 Å². The maximum atomic E-state index is 13.7. The van der Waals surface area contributed by atoms with Gasteiger partial charge in [-0.1, -0.05) is 47.5 Å². The second kappa shape index (κ2) is 17.2. The molecule has 18 heteroatoms. The third-order valence-electron chi connectivity index (χ3n) is 8.63. The van der Waals surface area contributed by atoms with E-state index in [4.69, 9.17) is 37.4 Å². The van der Waals surface area contributed by atoms with Crippen molar-refractivity contribution in [1.82, 2.24) is 19.4 Å². The Balaban J connectivity index is 1.14. The van der Waals surface area contributed by atoms with Gasteiger partial charge < -0.3 is 24.2 Å². The average molecular weight is 907 g/mol. The molecule has 0 bridgehead atoms. The van der Waals surface area contributed by atoms with Crippen LogP contribution in [0.4, 0.5) is 0 Å². The molecule has 0 spiro atoms. The number of nitrogens with one attached hydrogen (secondary N) is 4. The van der Waals surface area contributed by atoms with Gasteiger partial charge in [-0.15, -0.1) is 0 Å². The first-order chi connectivity index (χ1) is 26.6. The van der Waals surface area contributed by atoms with Gasteiger partial charge in [-0.05, 0) is 101 Å². The smallest absolute Gasteiger partial charge is 0.281 e. The van der Waals surface area contributed by atoms with Crippen molar-refractivity contribution in [2.45, 2.75) is 30.6 Å². The largest absolute Gasteiger partial charge is 0.495 e. The Labute approximate surface area is 341 Å². The van der Waals surface area contributed by atoms with Crippen molar-refractivity contribution in [2.75, 3.05) is 26.6 Å². The Morgan fingerprint density at radius 2 is 1.27 bits per heavy atom. The Morgan fingerprint density at radius 3 is 1.82 bits per heavy atom. The number of methoxy groups -OCH3 is 1. The van der Waals surface area contributed by atoms with Crippen LogP contribution in [-0.2, 0) is 32.9 Å². The molecule has 0 saturated heterocycles. The summed E-state index contributed by atoms with van der Waals surface area (Å²) >= 11 is 15.8. The summed E-state index contributed by atoms with van der Waals surface area (Å²) in [4.78, 5) is 32.2. The zero-order valence-corrected chi connectivity index (χ0v) is 34.6. The van der Waals surface area contributed by atoms with Crippen LogP contribution in [0, 0.1) is 0 Å². The summed E-state index contributed by atoms with van der Waals surface area (Å²) < 4.78 is 72.9. The number of amides is 2. The van der Waals surface area contributed by atoms with Crippen LogP contribution in [0.25, 0.3) is 21.8 Å². The number of aryl methyl sites for hydroxylation is 2. The number of rotatable bonds is 16. The fourth-order valence-electron chi connectivity index (χ4n) is 6.20. The predicted octanol–water partition coefficient (Wildman–Crippen LogP) is 7.56. The van der Waals surface area contributed by atoms with Gasteiger partial charge in [-0.2, -0.15) is 0 Å². The van der Waals surface area contributed by atoms with Gasteiger partial charge in [-0.3, -0.25) is 9.59 Å². The second-order valence-electron chi connectivity index (χ2n) is 12.6. The quantitative estimate of drug-likeness (QED) is 0.0712. The van der Waals surface area contributed by atoms with E-state index in [1.807, 2.05) is 29.0 Å². The first kappa shape index (κ1) is 40.9. The van der Waals surface area contributed by atoms with Gasteiger partial charge in [0.15, 0.2) is 0 Å². The van der Waals surface area contributed by atoms with Crippen LogP contribution in [0.5, 0.6) is 17.2 Å². The summed E-state index contributed by atoms with van der Waals surface area (Å²) in [6, 6.07) is 21.7. The van der Waals surface area contributed by atoms with Crippen molar-refractivity contribution in [2.24, 2.45) is 0 Å². The molecule has 0 radical (unpaired) electrons. The predicted molar refractivity (Wildman–Crippen MR) is 218 cm³/mol. The number of ether oxygens (including phenoxy) is 3. The number of hydrogen-bond acceptors (Lipinski definition) is 9. The van der Waals surface area contributed by atoms with Gasteiger partial charge in [0.1, 0.15) is 33.5 Å². The van der Waals surface area contributed by atoms with Crippen molar-refractivity contribution >= 4 is 92.8 Å². The average Bonchev–Trinajstić information content (AvgIpc) is 3.69. The van der Waals surface area contributed by atoms with Crippen LogP contribution in [-0.4, -0.2) is 65.2 Å². The Morgan fingerprint density at radius 1 is 0.714 bits per heavy atom. The molecular formula is C38H35BrCl2N4O9S2. The van der Waals surface area contributed by atoms with E-state index in [-0.39, 0.29) is 34.4 Å². The summed E-state index contributed by atoms with van der Waals surface area (Å²) in [6.45, 7) is 0.482. The third-order valence-corrected chi connectivity index (χ3v) is 11.7. The van der Waals surface area contributed by atoms with Crippen LogP contribution in [0.2, 0.25) is 10.0 Å². The monoisotopic (exact) mass is 904 g/mol. The number of carbonyl (C=O) groups excluding carboxylic acids is 2. The van der Waals surface area contributed by atoms with Gasteiger partial charge in [-0.25, -0.2) is 26.3 Å². The molecule has 6 rings (SSSR count). The number of fused-ring (bicyclic) bond motifs is 2. The molecule has 0 saturated carbocycles. The maximum Gasteiger partial charge on any atom is 0.281 e. The van der Waals surface area contributed by atoms with Gasteiger partial charge in [0.2, 0.25) is 10.0 Å². The highest BCUT2D eigenvalue weighted by Gasteiger charge is 2.27. The zero-order chi connectivity index (χ0) is 40.2. The number of para-hydroxylation sites is 1. The van der Waals surface area contributed by atoms with Crippen molar-refractivity contribution < 1.29 is 40.6 Å². The molecule has 294 valence electrons. The minimum atomic E-state index is -4.45. The van der Waals surface area contributed by atoms with E-state index in [0.29, 0.717) is 75.6 Å². The van der Waals surface area contributed by atoms with E-state index >= 15 is 0 Å². The van der Waals surface area contributed by atoms with Crippen molar-refractivity contribution in [3.05, 3.63) is 116 Å². The molecule has 13 nitrogen and oxygen atoms in total. The molecule has 0 atom stereocenters. The molecule has 0 aliphatic rings. The molecule has 4 N–H and O–H groups in total. The lowest BCUT2D eigenvalue weighted by Crippen LogP contribution is -2.31. The molecular weight excluding hydrogens is 871 g/mol. The number of aromatic nitrogens is 2. The van der Waals surface area contributed by atoms with E-state index in [2.05, 4.69) is 30.6 Å². The number of carbonyl (C=O) groups is 2. The first-order valence-corrected chi connectivity index (χ1v) is 21.9. The SMILES string of the molecule is COc1cc(OCCCc2c(C(=O)NS(C)(=O)=O)[nH]c3cc(Cl)ccc23)ccc1S(=O)(=O)NC(=O)c1[nH]c2cc(Cl)ccc2c1CCCOc1ccccc1Br. The van der Waals surface area contributed by atoms with E-state index < -0.39 is 31.9 Å². The molecule has 0 fully saturated rings. The molecule has 2 aromatic heterocycles. The minimum absolute atomic E-state index is 0.0658. The third kappa shape index (κ3) is 9.61. The van der Waals surface area contributed by atoms with Crippen molar-refractivity contribution in [3.63, 3.8) is 0 Å². The summed E-state index contributed by atoms with van der Waals surface area (Å²) in [6.07, 6.45) is 2.52. The molecule has 56 heavy (non-hydrogen) atoms. The van der Waals surface area contributed by atoms with E-state index in [9.17, 15) is 26.4 Å². The van der Waals surface area contributed by atoms with Gasteiger partial charge in [0.05, 0.1) is 31.1 Å². The van der Waals surface area contributed by atoms with E-state index in [0.717, 1.165) is 16.1 Å². The summed E-state index contributed by atoms with van der Waals surface area (Å²) in [7, 11) is -6.98. The highest BCUT2D eigenvalue weighted by molar-refractivity contribution is 9.10. The lowest BCUT2D eigenvalue weighted by molar-refractivity contribution is 0.0967. The molecule has 0 aliphatic carbocycles. The molecule has 0 unspecified atom stereocenters. The number of aromatic amines is 2. The number of hydrogen-bond donors (Lipinski definition) is 4. The van der Waals surface area contributed by atoms with Crippen LogP contribution in [0.3, 0.4) is 0 Å². The normalized spacial score (nSPS) is 11.8. The fraction of sp³-hybridized carbons (Fsp3) is 0.211. The molecule has 4 aromatic carbocycles. The van der Waals surface area contributed by atoms with Gasteiger partial charge in [0.25, 0.3) is 21.8 Å². The first-order valence-electron chi connectivity index (χ1n) is 17.0. The highest BCUT2D eigenvalue weighted by atomic mass is 79.9. The zero-order valence-electron chi connectivity index (χ0n) is 29.9. The standard InChI is InChI=1S/C38H35BrCl2N4O9S2/c1-52-33-21-24(53-17-5-7-27-25-14-11-22(40)19-30(25)42-35(27)37(46)44-55(2,48)49)13-16-34(33)56(50,51)45-38(47)36-28(26-15-12-23(41)20-31(26)43-36)8-6-18-54-32-10-4-3-9-29(32)39/h3-4,9-16,19-21,42-43H,5-8,17-18H2,1-2H3,(H,44,46)(H,45,47). The Hall–Kier alpha value is -4.74. The number of benzene rings is 4. The lowest BCUT2D eigenvalue weighted by atomic mass is 10.1. The molecule has 2 heterocycles. The number of sulfonamides is 2. The Kier molecular flexibility index (Phi) is 12.5. The van der Waals surface area contributed by atoms with Crippen LogP contribution in [0.15, 0.2) is 88.2 Å². The topological polar surface area (TPSA) is 186 Å². The molecule has 0 aliphatic heterocycles. The number of H-pyrrole nitrogens is 2. The lowest BCUT2D eigenvalue weighted by Gasteiger charge is -2.13. The van der Waals surface area contributed by atoms with Crippen LogP contribution in [0.1, 0.15) is 44.9 Å². The van der Waals surface area contributed by atoms with Crippen LogP contribution >= 0.6 is 39.1 Å². The highest BCUT2D eigenvalue weighted by Crippen LogP contribution is 2.32. The Bertz CT molecular complexity index is 2680. The van der Waals surface area contributed by atoms with Crippen molar-refractivity contribution in [1.29, 1.82) is 0 Å². The summed E-state index contributed by atoms with van der Waals surface area (Å²) in [5, 5.41) is 2.30. The van der Waals surface area contributed by atoms with E-state index in [1.165, 1.54) is 25.3 Å². The molecule has 6 aromatic rings. The van der Waals surface area contributed by atoms with Crippen molar-refractivity contribution in [3.8, 4) is 17.2 Å². The number of halogens is 3. The minimum Gasteiger partial charge on any atom is -0.495 e. The maximum absolute atomic E-state index is 13.7. The van der Waals surface area contributed by atoms with Gasteiger partial charge >= 0.3 is 0 Å². The van der Waals surface area contributed by atoms with E-state index in [1.54, 1.807) is 36.4 Å². The fourth-order valence-corrected chi connectivity index (χ4v) is 8.49. The van der Waals surface area contributed by atoms with Gasteiger partial charge in [0, 0.05) is 37.9 Å². The summed E-state index contributed by atoms with van der Waals surface area (Å²) in [5.41, 5.74) is 2.47.